The molecule has 0 aliphatic carbocycles. The Bertz CT molecular complexity index is 783. The monoisotopic (exact) mass is 299 g/mol. The van der Waals surface area contributed by atoms with Crippen molar-refractivity contribution in [1.29, 1.82) is 0 Å². The molecule has 0 aliphatic rings. The van der Waals surface area contributed by atoms with Gasteiger partial charge >= 0.3 is 6.18 Å². The van der Waals surface area contributed by atoms with Gasteiger partial charge in [0.1, 0.15) is 12.0 Å². The molecule has 3 aromatic heterocycles. The van der Waals surface area contributed by atoms with E-state index >= 15 is 0 Å². The molecule has 0 N–H and O–H groups in total. The van der Waals surface area contributed by atoms with Gasteiger partial charge < -0.3 is 0 Å². The SMILES string of the molecule is FC(F)(F)c1cnc(-c2ccnc3ncnn23)c(Cl)c1. The van der Waals surface area contributed by atoms with Gasteiger partial charge in [-0.25, -0.2) is 4.98 Å². The van der Waals surface area contributed by atoms with Crippen molar-refractivity contribution in [3.8, 4) is 11.4 Å². The minimum absolute atomic E-state index is 0.122. The first-order chi connectivity index (χ1) is 9.47. The number of aromatic nitrogens is 5. The second kappa shape index (κ2) is 4.41. The van der Waals surface area contributed by atoms with Crippen molar-refractivity contribution in [3.63, 3.8) is 0 Å². The van der Waals surface area contributed by atoms with Gasteiger partial charge in [0, 0.05) is 12.4 Å². The number of pyridine rings is 1. The molecule has 0 aromatic carbocycles. The maximum Gasteiger partial charge on any atom is 0.417 e. The van der Waals surface area contributed by atoms with Crippen LogP contribution in [0.15, 0.2) is 30.9 Å². The highest BCUT2D eigenvalue weighted by molar-refractivity contribution is 6.33. The average Bonchev–Trinajstić information content (AvgIpc) is 2.85. The molecule has 0 saturated carbocycles. The Morgan fingerprint density at radius 2 is 1.95 bits per heavy atom. The summed E-state index contributed by atoms with van der Waals surface area (Å²) in [6.07, 6.45) is -1.03. The summed E-state index contributed by atoms with van der Waals surface area (Å²) in [4.78, 5) is 11.6. The molecular formula is C11H5ClF3N5. The van der Waals surface area contributed by atoms with Gasteiger partial charge in [-0.15, -0.1) is 0 Å². The lowest BCUT2D eigenvalue weighted by molar-refractivity contribution is -0.137. The molecule has 3 heterocycles. The smallest absolute Gasteiger partial charge is 0.252 e. The van der Waals surface area contributed by atoms with Crippen LogP contribution in [0, 0.1) is 0 Å². The number of hydrogen-bond donors (Lipinski definition) is 0. The van der Waals surface area contributed by atoms with E-state index in [4.69, 9.17) is 11.6 Å². The lowest BCUT2D eigenvalue weighted by Gasteiger charge is -2.09. The molecule has 0 aliphatic heterocycles. The number of hydrogen-bond acceptors (Lipinski definition) is 4. The van der Waals surface area contributed by atoms with Crippen molar-refractivity contribution in [2.24, 2.45) is 0 Å². The molecule has 20 heavy (non-hydrogen) atoms. The first-order valence-electron chi connectivity index (χ1n) is 5.34. The summed E-state index contributed by atoms with van der Waals surface area (Å²) in [6, 6.07) is 2.37. The van der Waals surface area contributed by atoms with Crippen LogP contribution >= 0.6 is 11.6 Å². The van der Waals surface area contributed by atoms with E-state index in [0.29, 0.717) is 11.5 Å². The van der Waals surface area contributed by atoms with Crippen LogP contribution in [0.5, 0.6) is 0 Å². The zero-order chi connectivity index (χ0) is 14.3. The second-order valence-electron chi connectivity index (χ2n) is 3.85. The van der Waals surface area contributed by atoms with Crippen LogP contribution in [0.2, 0.25) is 5.02 Å². The summed E-state index contributed by atoms with van der Waals surface area (Å²) in [5.41, 5.74) is -0.320. The standard InChI is InChI=1S/C11H5ClF3N5/c12-7-3-6(11(13,14)15)4-17-9(7)8-1-2-16-10-18-5-19-20(8)10/h1-5H. The van der Waals surface area contributed by atoms with Crippen LogP contribution in [-0.4, -0.2) is 24.6 Å². The Morgan fingerprint density at radius 3 is 2.65 bits per heavy atom. The van der Waals surface area contributed by atoms with Crippen LogP contribution in [0.3, 0.4) is 0 Å². The molecule has 0 unspecified atom stereocenters. The largest absolute Gasteiger partial charge is 0.417 e. The van der Waals surface area contributed by atoms with E-state index in [-0.39, 0.29) is 10.7 Å². The Hall–Kier alpha value is -2.22. The highest BCUT2D eigenvalue weighted by Gasteiger charge is 2.31. The third kappa shape index (κ3) is 2.07. The van der Waals surface area contributed by atoms with Crippen LogP contribution in [0.25, 0.3) is 17.2 Å². The van der Waals surface area contributed by atoms with E-state index in [0.717, 1.165) is 12.3 Å². The van der Waals surface area contributed by atoms with E-state index in [2.05, 4.69) is 20.1 Å². The van der Waals surface area contributed by atoms with Crippen LogP contribution in [0.1, 0.15) is 5.56 Å². The van der Waals surface area contributed by atoms with Crippen molar-refractivity contribution < 1.29 is 13.2 Å². The van der Waals surface area contributed by atoms with Crippen molar-refractivity contribution >= 4 is 17.4 Å². The van der Waals surface area contributed by atoms with Gasteiger partial charge in [0.2, 0.25) is 0 Å². The van der Waals surface area contributed by atoms with Gasteiger partial charge in [0.25, 0.3) is 5.78 Å². The van der Waals surface area contributed by atoms with Gasteiger partial charge in [-0.3, -0.25) is 4.98 Å². The van der Waals surface area contributed by atoms with E-state index in [1.807, 2.05) is 0 Å². The van der Waals surface area contributed by atoms with E-state index < -0.39 is 11.7 Å². The normalized spacial score (nSPS) is 12.0. The van der Waals surface area contributed by atoms with Crippen molar-refractivity contribution in [3.05, 3.63) is 41.4 Å². The Balaban J connectivity index is 2.18. The van der Waals surface area contributed by atoms with Gasteiger partial charge in [-0.2, -0.15) is 27.8 Å². The fraction of sp³-hybridized carbons (Fsp3) is 0.0909. The van der Waals surface area contributed by atoms with Crippen LogP contribution < -0.4 is 0 Å². The molecule has 0 amide bonds. The summed E-state index contributed by atoms with van der Waals surface area (Å²) in [5, 5.41) is 3.81. The molecule has 0 fully saturated rings. The fourth-order valence-corrected chi connectivity index (χ4v) is 1.96. The lowest BCUT2D eigenvalue weighted by atomic mass is 10.2. The average molecular weight is 300 g/mol. The van der Waals surface area contributed by atoms with E-state index in [9.17, 15) is 13.2 Å². The number of halogens is 4. The first-order valence-corrected chi connectivity index (χ1v) is 5.72. The van der Waals surface area contributed by atoms with Crippen molar-refractivity contribution in [1.82, 2.24) is 24.6 Å². The Morgan fingerprint density at radius 1 is 1.15 bits per heavy atom. The predicted molar refractivity (Wildman–Crippen MR) is 64.0 cm³/mol. The third-order valence-electron chi connectivity index (χ3n) is 2.59. The summed E-state index contributed by atoms with van der Waals surface area (Å²) in [7, 11) is 0. The third-order valence-corrected chi connectivity index (χ3v) is 2.88. The number of fused-ring (bicyclic) bond motifs is 1. The second-order valence-corrected chi connectivity index (χ2v) is 4.26. The molecule has 9 heteroatoms. The molecule has 0 atom stereocenters. The maximum absolute atomic E-state index is 12.6. The molecule has 0 saturated heterocycles. The van der Waals surface area contributed by atoms with Crippen molar-refractivity contribution in [2.75, 3.05) is 0 Å². The minimum atomic E-state index is -4.49. The molecule has 5 nitrogen and oxygen atoms in total. The molecule has 3 rings (SSSR count). The number of nitrogens with zero attached hydrogens (tertiary/aromatic N) is 5. The molecule has 0 spiro atoms. The molecule has 3 aromatic rings. The Kier molecular flexibility index (Phi) is 2.82. The van der Waals surface area contributed by atoms with Gasteiger partial charge in [-0.1, -0.05) is 11.6 Å². The van der Waals surface area contributed by atoms with Gasteiger partial charge in [0.15, 0.2) is 0 Å². The number of alkyl halides is 3. The zero-order valence-corrected chi connectivity index (χ0v) is 10.4. The number of rotatable bonds is 1. The maximum atomic E-state index is 12.6. The summed E-state index contributed by atoms with van der Waals surface area (Å²) < 4.78 is 39.1. The summed E-state index contributed by atoms with van der Waals surface area (Å²) in [5.74, 6) is 0.306. The van der Waals surface area contributed by atoms with Gasteiger partial charge in [-0.05, 0) is 12.1 Å². The Labute approximate surface area is 115 Å². The fourth-order valence-electron chi connectivity index (χ4n) is 1.70. The molecule has 0 bridgehead atoms. The highest BCUT2D eigenvalue weighted by atomic mass is 35.5. The van der Waals surface area contributed by atoms with Crippen LogP contribution in [-0.2, 0) is 6.18 Å². The zero-order valence-electron chi connectivity index (χ0n) is 9.63. The van der Waals surface area contributed by atoms with E-state index in [1.54, 1.807) is 6.07 Å². The highest BCUT2D eigenvalue weighted by Crippen LogP contribution is 2.33. The lowest BCUT2D eigenvalue weighted by Crippen LogP contribution is -2.06. The first kappa shape index (κ1) is 12.8. The molecule has 0 radical (unpaired) electrons. The minimum Gasteiger partial charge on any atom is -0.252 e. The van der Waals surface area contributed by atoms with Crippen LogP contribution in [0.4, 0.5) is 13.2 Å². The summed E-state index contributed by atoms with van der Waals surface area (Å²) in [6.45, 7) is 0. The molecular weight excluding hydrogens is 295 g/mol. The van der Waals surface area contributed by atoms with Gasteiger partial charge in [0.05, 0.1) is 16.3 Å². The van der Waals surface area contributed by atoms with E-state index in [1.165, 1.54) is 17.0 Å². The summed E-state index contributed by atoms with van der Waals surface area (Å²) >= 11 is 5.89. The molecule has 102 valence electrons. The topological polar surface area (TPSA) is 56.0 Å². The predicted octanol–water partition coefficient (Wildman–Crippen LogP) is 2.86. The quantitative estimate of drug-likeness (QED) is 0.693. The van der Waals surface area contributed by atoms with Crippen molar-refractivity contribution in [2.45, 2.75) is 6.18 Å².